The highest BCUT2D eigenvalue weighted by molar-refractivity contribution is 9.10. The molecule has 1 N–H and O–H groups in total. The van der Waals surface area contributed by atoms with Gasteiger partial charge in [-0.2, -0.15) is 0 Å². The third kappa shape index (κ3) is 6.05. The number of amides is 1. The summed E-state index contributed by atoms with van der Waals surface area (Å²) in [5.74, 6) is 0.421. The summed E-state index contributed by atoms with van der Waals surface area (Å²) in [5, 5.41) is 2.86. The van der Waals surface area contributed by atoms with Gasteiger partial charge in [-0.1, -0.05) is 22.0 Å². The smallest absolute Gasteiger partial charge is 0.220 e. The van der Waals surface area contributed by atoms with Gasteiger partial charge in [-0.3, -0.25) is 4.79 Å². The van der Waals surface area contributed by atoms with Crippen molar-refractivity contribution >= 4 is 21.8 Å². The Kier molecular flexibility index (Phi) is 7.25. The molecule has 0 saturated carbocycles. The molecule has 4 nitrogen and oxygen atoms in total. The lowest BCUT2D eigenvalue weighted by Gasteiger charge is -2.15. The Hall–Kier alpha value is -2.08. The number of halogens is 2. The highest BCUT2D eigenvalue weighted by Gasteiger charge is 2.12. The van der Waals surface area contributed by atoms with E-state index < -0.39 is 5.82 Å². The van der Waals surface area contributed by atoms with Gasteiger partial charge < -0.3 is 14.8 Å². The summed E-state index contributed by atoms with van der Waals surface area (Å²) in [5.41, 5.74) is 0.692. The molecule has 0 aliphatic rings. The van der Waals surface area contributed by atoms with Crippen LogP contribution in [-0.4, -0.2) is 19.6 Å². The van der Waals surface area contributed by atoms with Crippen LogP contribution in [0.5, 0.6) is 11.5 Å². The first-order valence-electron chi connectivity index (χ1n) is 8.00. The molecule has 2 aromatic carbocycles. The molecular weight excluding hydrogens is 389 g/mol. The maximum absolute atomic E-state index is 13.7. The topological polar surface area (TPSA) is 47.6 Å². The Morgan fingerprint density at radius 2 is 1.96 bits per heavy atom. The molecule has 0 fully saturated rings. The molecule has 0 unspecified atom stereocenters. The van der Waals surface area contributed by atoms with Crippen molar-refractivity contribution in [2.24, 2.45) is 0 Å². The summed E-state index contributed by atoms with van der Waals surface area (Å²) in [4.78, 5) is 12.0. The lowest BCUT2D eigenvalue weighted by molar-refractivity contribution is -0.121. The van der Waals surface area contributed by atoms with Crippen LogP contribution < -0.4 is 14.8 Å². The monoisotopic (exact) mass is 409 g/mol. The number of carbonyl (C=O) groups is 1. The lowest BCUT2D eigenvalue weighted by Crippen LogP contribution is -2.26. The number of hydrogen-bond donors (Lipinski definition) is 1. The first kappa shape index (κ1) is 19.2. The number of ether oxygens (including phenoxy) is 2. The molecule has 0 aromatic heterocycles. The Balaban J connectivity index is 1.74. The predicted octanol–water partition coefficient (Wildman–Crippen LogP) is 4.63. The summed E-state index contributed by atoms with van der Waals surface area (Å²) in [6.07, 6.45) is 0.949. The van der Waals surface area contributed by atoms with Crippen molar-refractivity contribution in [3.05, 3.63) is 58.3 Å². The van der Waals surface area contributed by atoms with E-state index in [4.69, 9.17) is 9.47 Å². The van der Waals surface area contributed by atoms with Crippen molar-refractivity contribution in [1.82, 2.24) is 5.32 Å². The van der Waals surface area contributed by atoms with Gasteiger partial charge in [0, 0.05) is 10.9 Å². The molecule has 25 heavy (non-hydrogen) atoms. The second-order valence-corrected chi connectivity index (χ2v) is 6.50. The van der Waals surface area contributed by atoms with E-state index in [1.165, 1.54) is 13.2 Å². The van der Waals surface area contributed by atoms with Gasteiger partial charge in [0.1, 0.15) is 5.75 Å². The van der Waals surface area contributed by atoms with E-state index in [1.807, 2.05) is 31.2 Å². The molecule has 0 bridgehead atoms. The van der Waals surface area contributed by atoms with Gasteiger partial charge in [0.05, 0.1) is 19.8 Å². The van der Waals surface area contributed by atoms with Crippen LogP contribution in [0.2, 0.25) is 0 Å². The van der Waals surface area contributed by atoms with Gasteiger partial charge >= 0.3 is 0 Å². The first-order valence-corrected chi connectivity index (χ1v) is 8.80. The molecule has 0 aliphatic carbocycles. The normalized spacial score (nSPS) is 11.7. The van der Waals surface area contributed by atoms with Crippen molar-refractivity contribution in [3.8, 4) is 11.5 Å². The largest absolute Gasteiger partial charge is 0.494 e. The number of hydrogen-bond acceptors (Lipinski definition) is 3. The summed E-state index contributed by atoms with van der Waals surface area (Å²) in [6, 6.07) is 11.9. The Morgan fingerprint density at radius 3 is 2.60 bits per heavy atom. The number of rotatable bonds is 8. The number of methoxy groups -OCH3 is 1. The van der Waals surface area contributed by atoms with E-state index in [9.17, 15) is 9.18 Å². The van der Waals surface area contributed by atoms with Crippen LogP contribution in [0.4, 0.5) is 4.39 Å². The van der Waals surface area contributed by atoms with Crippen molar-refractivity contribution in [2.45, 2.75) is 25.8 Å². The third-order valence-corrected chi connectivity index (χ3v) is 4.21. The zero-order valence-electron chi connectivity index (χ0n) is 14.2. The van der Waals surface area contributed by atoms with Gasteiger partial charge in [0.25, 0.3) is 0 Å². The van der Waals surface area contributed by atoms with Crippen LogP contribution in [-0.2, 0) is 4.79 Å². The average molecular weight is 410 g/mol. The van der Waals surface area contributed by atoms with E-state index in [0.717, 1.165) is 10.2 Å². The van der Waals surface area contributed by atoms with Crippen LogP contribution >= 0.6 is 15.9 Å². The molecule has 1 amide bonds. The molecule has 0 saturated heterocycles. The standard InChI is InChI=1S/C19H21BrFNO3/c1-13(14-5-10-18(24-2)17(21)12-14)22-19(23)4-3-11-25-16-8-6-15(20)7-9-16/h5-10,12-13H,3-4,11H2,1-2H3,(H,22,23)/t13-/m0/s1. The third-order valence-electron chi connectivity index (χ3n) is 3.68. The SMILES string of the molecule is COc1ccc([C@H](C)NC(=O)CCCOc2ccc(Br)cc2)cc1F. The van der Waals surface area contributed by atoms with Crippen LogP contribution in [0.15, 0.2) is 46.9 Å². The highest BCUT2D eigenvalue weighted by Crippen LogP contribution is 2.22. The van der Waals surface area contributed by atoms with Gasteiger partial charge in [0.2, 0.25) is 5.91 Å². The average Bonchev–Trinajstić information content (AvgIpc) is 2.60. The zero-order valence-corrected chi connectivity index (χ0v) is 15.8. The molecule has 2 rings (SSSR count). The Labute approximate surface area is 155 Å². The van der Waals surface area contributed by atoms with Crippen LogP contribution in [0.3, 0.4) is 0 Å². The molecule has 0 aliphatic heterocycles. The van der Waals surface area contributed by atoms with E-state index >= 15 is 0 Å². The van der Waals surface area contributed by atoms with Crippen molar-refractivity contribution < 1.29 is 18.7 Å². The minimum absolute atomic E-state index is 0.0943. The zero-order chi connectivity index (χ0) is 18.2. The van der Waals surface area contributed by atoms with E-state index in [1.54, 1.807) is 12.1 Å². The van der Waals surface area contributed by atoms with Crippen molar-refractivity contribution in [3.63, 3.8) is 0 Å². The molecule has 1 atom stereocenters. The quantitative estimate of drug-likeness (QED) is 0.646. The van der Waals surface area contributed by atoms with Crippen LogP contribution in [0.25, 0.3) is 0 Å². The molecule has 0 spiro atoms. The highest BCUT2D eigenvalue weighted by atomic mass is 79.9. The number of carbonyl (C=O) groups excluding carboxylic acids is 1. The minimum atomic E-state index is -0.441. The van der Waals surface area contributed by atoms with E-state index in [-0.39, 0.29) is 17.7 Å². The van der Waals surface area contributed by atoms with E-state index in [2.05, 4.69) is 21.2 Å². The first-order chi connectivity index (χ1) is 12.0. The summed E-state index contributed by atoms with van der Waals surface area (Å²) in [7, 11) is 1.42. The minimum Gasteiger partial charge on any atom is -0.494 e. The molecule has 6 heteroatoms. The maximum Gasteiger partial charge on any atom is 0.220 e. The van der Waals surface area contributed by atoms with Gasteiger partial charge in [0.15, 0.2) is 11.6 Å². The fourth-order valence-corrected chi connectivity index (χ4v) is 2.57. The van der Waals surface area contributed by atoms with Gasteiger partial charge in [-0.05, 0) is 55.3 Å². The van der Waals surface area contributed by atoms with Crippen molar-refractivity contribution in [2.75, 3.05) is 13.7 Å². The molecule has 0 radical (unpaired) electrons. The molecule has 0 heterocycles. The molecular formula is C19H21BrFNO3. The summed E-state index contributed by atoms with van der Waals surface area (Å²) in [6.45, 7) is 2.28. The Morgan fingerprint density at radius 1 is 1.24 bits per heavy atom. The van der Waals surface area contributed by atoms with Crippen LogP contribution in [0, 0.1) is 5.82 Å². The summed E-state index contributed by atoms with van der Waals surface area (Å²) >= 11 is 3.36. The number of nitrogens with one attached hydrogen (secondary N) is 1. The van der Waals surface area contributed by atoms with E-state index in [0.29, 0.717) is 25.0 Å². The maximum atomic E-state index is 13.7. The molecule has 2 aromatic rings. The fraction of sp³-hybridized carbons (Fsp3) is 0.316. The summed E-state index contributed by atoms with van der Waals surface area (Å²) < 4.78 is 25.2. The van der Waals surface area contributed by atoms with Crippen LogP contribution in [0.1, 0.15) is 31.4 Å². The van der Waals surface area contributed by atoms with Gasteiger partial charge in [-0.25, -0.2) is 4.39 Å². The van der Waals surface area contributed by atoms with Crippen molar-refractivity contribution in [1.29, 1.82) is 0 Å². The second-order valence-electron chi connectivity index (χ2n) is 5.59. The lowest BCUT2D eigenvalue weighted by atomic mass is 10.1. The van der Waals surface area contributed by atoms with Gasteiger partial charge in [-0.15, -0.1) is 0 Å². The number of benzene rings is 2. The Bertz CT molecular complexity index is 706. The second kappa shape index (κ2) is 9.42. The fourth-order valence-electron chi connectivity index (χ4n) is 2.30. The predicted molar refractivity (Wildman–Crippen MR) is 98.4 cm³/mol. The molecule has 134 valence electrons.